The molecule has 0 saturated carbocycles. The number of carboxylic acid groups (broad SMARTS) is 1. The van der Waals surface area contributed by atoms with Gasteiger partial charge in [0.05, 0.1) is 31.8 Å². The van der Waals surface area contributed by atoms with E-state index in [2.05, 4.69) is 0 Å². The minimum Gasteiger partial charge on any atom is -0.496 e. The van der Waals surface area contributed by atoms with Gasteiger partial charge < -0.3 is 19.3 Å². The van der Waals surface area contributed by atoms with Crippen LogP contribution in [0.25, 0.3) is 0 Å². The molecule has 1 fully saturated rings. The highest BCUT2D eigenvalue weighted by Gasteiger charge is 2.41. The van der Waals surface area contributed by atoms with Crippen molar-refractivity contribution >= 4 is 5.97 Å². The number of methoxy groups -OCH3 is 1. The van der Waals surface area contributed by atoms with Crippen LogP contribution in [0, 0.1) is 0 Å². The minimum absolute atomic E-state index is 0.0647. The number of ether oxygens (including phenoxy) is 3. The zero-order valence-corrected chi connectivity index (χ0v) is 10.4. The van der Waals surface area contributed by atoms with E-state index in [9.17, 15) is 4.79 Å². The Morgan fingerprint density at radius 2 is 2.28 bits per heavy atom. The molecular weight excluding hydrogens is 236 g/mol. The number of para-hydroxylation sites is 1. The van der Waals surface area contributed by atoms with Crippen LogP contribution in [-0.2, 0) is 20.1 Å². The lowest BCUT2D eigenvalue weighted by Crippen LogP contribution is -2.25. The Morgan fingerprint density at radius 1 is 1.56 bits per heavy atom. The van der Waals surface area contributed by atoms with Crippen LogP contribution in [0.2, 0.25) is 0 Å². The highest BCUT2D eigenvalue weighted by atomic mass is 16.7. The molecule has 1 aromatic rings. The largest absolute Gasteiger partial charge is 0.496 e. The van der Waals surface area contributed by atoms with E-state index in [1.54, 1.807) is 14.0 Å². The number of carboxylic acids is 1. The number of hydrogen-bond donors (Lipinski definition) is 1. The van der Waals surface area contributed by atoms with Crippen molar-refractivity contribution in [1.29, 1.82) is 0 Å². The first-order chi connectivity index (χ1) is 8.55. The van der Waals surface area contributed by atoms with Crippen molar-refractivity contribution in [3.63, 3.8) is 0 Å². The van der Waals surface area contributed by atoms with Crippen LogP contribution in [0.5, 0.6) is 5.75 Å². The van der Waals surface area contributed by atoms with Crippen molar-refractivity contribution in [2.45, 2.75) is 25.2 Å². The molecule has 1 aromatic carbocycles. The summed E-state index contributed by atoms with van der Waals surface area (Å²) in [7, 11) is 1.58. The van der Waals surface area contributed by atoms with Gasteiger partial charge in [0.15, 0.2) is 5.79 Å². The van der Waals surface area contributed by atoms with E-state index >= 15 is 0 Å². The van der Waals surface area contributed by atoms with Gasteiger partial charge in [0, 0.05) is 0 Å². The monoisotopic (exact) mass is 252 g/mol. The van der Waals surface area contributed by atoms with E-state index < -0.39 is 17.9 Å². The predicted octanol–water partition coefficient (Wildman–Crippen LogP) is 1.76. The van der Waals surface area contributed by atoms with Crippen LogP contribution < -0.4 is 4.74 Å². The molecule has 0 bridgehead atoms. The highest BCUT2D eigenvalue weighted by molar-refractivity contribution is 5.67. The van der Waals surface area contributed by atoms with E-state index in [4.69, 9.17) is 19.3 Å². The van der Waals surface area contributed by atoms with Gasteiger partial charge in [-0.3, -0.25) is 4.79 Å². The van der Waals surface area contributed by atoms with Gasteiger partial charge in [-0.2, -0.15) is 0 Å². The summed E-state index contributed by atoms with van der Waals surface area (Å²) < 4.78 is 16.6. The normalized spacial score (nSPS) is 27.1. The van der Waals surface area contributed by atoms with Gasteiger partial charge >= 0.3 is 5.97 Å². The van der Waals surface area contributed by atoms with Gasteiger partial charge in [0.25, 0.3) is 0 Å². The first-order valence-electron chi connectivity index (χ1n) is 5.72. The van der Waals surface area contributed by atoms with Gasteiger partial charge in [-0.15, -0.1) is 0 Å². The molecule has 1 N–H and O–H groups in total. The molecule has 18 heavy (non-hydrogen) atoms. The standard InChI is InChI=1S/C13H16O5/c1-13(10-5-3-4-6-11(10)16-2)17-8-9(18-13)7-12(14)15/h3-6,9H,7-8H2,1-2H3,(H,14,15). The number of carbonyl (C=O) groups is 1. The molecule has 98 valence electrons. The molecule has 0 spiro atoms. The predicted molar refractivity (Wildman–Crippen MR) is 63.4 cm³/mol. The second-order valence-corrected chi connectivity index (χ2v) is 4.29. The van der Waals surface area contributed by atoms with E-state index in [1.165, 1.54) is 0 Å². The molecule has 0 aromatic heterocycles. The summed E-state index contributed by atoms with van der Waals surface area (Å²) in [4.78, 5) is 10.7. The molecule has 0 amide bonds. The maximum atomic E-state index is 10.7. The van der Waals surface area contributed by atoms with Gasteiger partial charge in [-0.05, 0) is 19.1 Å². The van der Waals surface area contributed by atoms with Crippen molar-refractivity contribution in [3.8, 4) is 5.75 Å². The molecule has 2 unspecified atom stereocenters. The third kappa shape index (κ3) is 2.47. The van der Waals surface area contributed by atoms with Crippen molar-refractivity contribution in [1.82, 2.24) is 0 Å². The fourth-order valence-corrected chi connectivity index (χ4v) is 2.09. The van der Waals surface area contributed by atoms with Crippen LogP contribution in [0.3, 0.4) is 0 Å². The summed E-state index contributed by atoms with van der Waals surface area (Å²) in [5.74, 6) is -1.18. The topological polar surface area (TPSA) is 65.0 Å². The summed E-state index contributed by atoms with van der Waals surface area (Å²) in [6.07, 6.45) is -0.498. The highest BCUT2D eigenvalue weighted by Crippen LogP contribution is 2.39. The Hall–Kier alpha value is -1.59. The number of rotatable bonds is 4. The molecule has 2 atom stereocenters. The van der Waals surface area contributed by atoms with Crippen LogP contribution >= 0.6 is 0 Å². The third-order valence-electron chi connectivity index (χ3n) is 2.93. The Morgan fingerprint density at radius 3 is 2.94 bits per heavy atom. The molecule has 2 rings (SSSR count). The Kier molecular flexibility index (Phi) is 3.54. The van der Waals surface area contributed by atoms with Crippen LogP contribution in [0.4, 0.5) is 0 Å². The number of benzene rings is 1. The molecule has 1 aliphatic rings. The molecule has 5 heteroatoms. The lowest BCUT2D eigenvalue weighted by Gasteiger charge is -2.25. The van der Waals surface area contributed by atoms with Gasteiger partial charge in [-0.25, -0.2) is 0 Å². The van der Waals surface area contributed by atoms with Crippen LogP contribution in [-0.4, -0.2) is 30.9 Å². The van der Waals surface area contributed by atoms with Gasteiger partial charge in [-0.1, -0.05) is 12.1 Å². The average molecular weight is 252 g/mol. The van der Waals surface area contributed by atoms with Crippen molar-refractivity contribution in [2.24, 2.45) is 0 Å². The zero-order valence-electron chi connectivity index (χ0n) is 10.4. The summed E-state index contributed by atoms with van der Waals surface area (Å²) in [5.41, 5.74) is 0.764. The quantitative estimate of drug-likeness (QED) is 0.884. The van der Waals surface area contributed by atoms with Crippen molar-refractivity contribution in [2.75, 3.05) is 13.7 Å². The second kappa shape index (κ2) is 4.96. The maximum absolute atomic E-state index is 10.7. The van der Waals surface area contributed by atoms with Crippen LogP contribution in [0.15, 0.2) is 24.3 Å². The van der Waals surface area contributed by atoms with E-state index in [-0.39, 0.29) is 13.0 Å². The fourth-order valence-electron chi connectivity index (χ4n) is 2.09. The first-order valence-corrected chi connectivity index (χ1v) is 5.72. The maximum Gasteiger partial charge on any atom is 0.306 e. The molecular formula is C13H16O5. The fraction of sp³-hybridized carbons (Fsp3) is 0.462. The Bertz CT molecular complexity index is 445. The first kappa shape index (κ1) is 12.9. The Balaban J connectivity index is 2.20. The molecule has 0 radical (unpaired) electrons. The Labute approximate surface area is 105 Å². The molecule has 0 aliphatic carbocycles. The summed E-state index contributed by atoms with van der Waals surface area (Å²) >= 11 is 0. The summed E-state index contributed by atoms with van der Waals surface area (Å²) in [6, 6.07) is 7.38. The van der Waals surface area contributed by atoms with Crippen LogP contribution in [0.1, 0.15) is 18.9 Å². The lowest BCUT2D eigenvalue weighted by atomic mass is 10.1. The molecule has 1 aliphatic heterocycles. The minimum atomic E-state index is -0.952. The molecule has 1 saturated heterocycles. The van der Waals surface area contributed by atoms with Gasteiger partial charge in [0.2, 0.25) is 0 Å². The van der Waals surface area contributed by atoms with Crippen molar-refractivity contribution in [3.05, 3.63) is 29.8 Å². The van der Waals surface area contributed by atoms with E-state index in [1.807, 2.05) is 24.3 Å². The number of hydrogen-bond acceptors (Lipinski definition) is 4. The third-order valence-corrected chi connectivity index (χ3v) is 2.93. The van der Waals surface area contributed by atoms with E-state index in [0.717, 1.165) is 5.56 Å². The second-order valence-electron chi connectivity index (χ2n) is 4.29. The van der Waals surface area contributed by atoms with Crippen molar-refractivity contribution < 1.29 is 24.1 Å². The smallest absolute Gasteiger partial charge is 0.306 e. The molecule has 1 heterocycles. The van der Waals surface area contributed by atoms with Gasteiger partial charge in [0.1, 0.15) is 5.75 Å². The average Bonchev–Trinajstić information content (AvgIpc) is 2.71. The SMILES string of the molecule is COc1ccccc1C1(C)OCC(CC(=O)O)O1. The summed E-state index contributed by atoms with van der Waals surface area (Å²) in [6.45, 7) is 2.04. The zero-order chi connectivity index (χ0) is 13.2. The molecule has 5 nitrogen and oxygen atoms in total. The lowest BCUT2D eigenvalue weighted by molar-refractivity contribution is -0.166. The van der Waals surface area contributed by atoms with E-state index in [0.29, 0.717) is 5.75 Å². The summed E-state index contributed by atoms with van der Waals surface area (Å²) in [5, 5.41) is 8.76. The number of aliphatic carboxylic acids is 1.